The van der Waals surface area contributed by atoms with Crippen molar-refractivity contribution in [2.45, 2.75) is 102 Å². The highest BCUT2D eigenvalue weighted by Gasteiger charge is 2.44. The van der Waals surface area contributed by atoms with Gasteiger partial charge in [-0.3, -0.25) is 4.79 Å². The quantitative estimate of drug-likeness (QED) is 0.216. The topological polar surface area (TPSA) is 137 Å². The van der Waals surface area contributed by atoms with Crippen LogP contribution in [0.1, 0.15) is 64.7 Å². The number of aliphatic carboxylic acids is 1. The molecule has 0 aliphatic carbocycles. The molecule has 0 aromatic heterocycles. The van der Waals surface area contributed by atoms with E-state index < -0.39 is 43.3 Å². The minimum atomic E-state index is -1.42. The molecule has 1 unspecified atom stereocenters. The van der Waals surface area contributed by atoms with E-state index in [1.54, 1.807) is 0 Å². The lowest BCUT2D eigenvalue weighted by Gasteiger charge is -2.40. The van der Waals surface area contributed by atoms with Gasteiger partial charge in [-0.2, -0.15) is 0 Å². The summed E-state index contributed by atoms with van der Waals surface area (Å²) in [6, 6.07) is 0. The molecule has 8 nitrogen and oxygen atoms in total. The molecule has 8 heteroatoms. The number of unbranched alkanes of at least 4 members (excludes halogenated alkanes) is 4. The van der Waals surface area contributed by atoms with Gasteiger partial charge in [-0.15, -0.1) is 0 Å². The Labute approximate surface area is 166 Å². The van der Waals surface area contributed by atoms with Crippen LogP contribution in [-0.2, 0) is 14.3 Å². The predicted molar refractivity (Wildman–Crippen MR) is 103 cm³/mol. The molecule has 1 fully saturated rings. The smallest absolute Gasteiger partial charge is 0.303 e. The highest BCUT2D eigenvalue weighted by Crippen LogP contribution is 2.24. The van der Waals surface area contributed by atoms with Crippen LogP contribution in [0.4, 0.5) is 0 Å². The standard InChI is InChI=1S/C20H36O8/c1-2-14(11-9-7-5-3-4-6-8-10-12-16(22)23)27-20-19(26)18(25)17(24)15(13-21)28-20/h4,6,14-15,17-21,24-26H,2-3,5,7-13H2,1H3,(H,22,23)/b6-4-/t14?,15-,17-,18+,19-,20-/m1/s1. The number of rotatable bonds is 14. The maximum absolute atomic E-state index is 10.4. The van der Waals surface area contributed by atoms with Crippen LogP contribution < -0.4 is 0 Å². The summed E-state index contributed by atoms with van der Waals surface area (Å²) in [6.07, 6.45) is 4.90. The molecule has 0 aromatic carbocycles. The second kappa shape index (κ2) is 14.0. The zero-order valence-electron chi connectivity index (χ0n) is 16.7. The maximum atomic E-state index is 10.4. The molecule has 5 N–H and O–H groups in total. The van der Waals surface area contributed by atoms with Gasteiger partial charge in [0.1, 0.15) is 24.4 Å². The fourth-order valence-electron chi connectivity index (χ4n) is 3.16. The van der Waals surface area contributed by atoms with Crippen LogP contribution >= 0.6 is 0 Å². The van der Waals surface area contributed by atoms with Gasteiger partial charge in [0.15, 0.2) is 6.29 Å². The summed E-state index contributed by atoms with van der Waals surface area (Å²) in [4.78, 5) is 10.4. The molecule has 1 heterocycles. The Morgan fingerprint density at radius 2 is 1.71 bits per heavy atom. The first-order valence-electron chi connectivity index (χ1n) is 10.2. The summed E-state index contributed by atoms with van der Waals surface area (Å²) >= 11 is 0. The second-order valence-corrected chi connectivity index (χ2v) is 7.26. The SMILES string of the molecule is CCC(CCCCC/C=C\CCCC(=O)O)O[C@@H]1O[C@H](CO)[C@@H](O)[C@H](O)[C@H]1O. The lowest BCUT2D eigenvalue weighted by Crippen LogP contribution is -2.59. The van der Waals surface area contributed by atoms with Crippen molar-refractivity contribution < 1.29 is 39.8 Å². The summed E-state index contributed by atoms with van der Waals surface area (Å²) < 4.78 is 11.2. The van der Waals surface area contributed by atoms with Gasteiger partial charge in [0.05, 0.1) is 12.7 Å². The summed E-state index contributed by atoms with van der Waals surface area (Å²) in [6.45, 7) is 1.50. The summed E-state index contributed by atoms with van der Waals surface area (Å²) in [7, 11) is 0. The van der Waals surface area contributed by atoms with E-state index in [0.717, 1.165) is 44.9 Å². The van der Waals surface area contributed by atoms with Crippen molar-refractivity contribution in [3.8, 4) is 0 Å². The van der Waals surface area contributed by atoms with Gasteiger partial charge in [0, 0.05) is 6.42 Å². The first-order valence-corrected chi connectivity index (χ1v) is 10.2. The number of carbonyl (C=O) groups is 1. The van der Waals surface area contributed by atoms with Crippen molar-refractivity contribution >= 4 is 5.97 Å². The molecule has 1 rings (SSSR count). The zero-order chi connectivity index (χ0) is 20.9. The van der Waals surface area contributed by atoms with Gasteiger partial charge < -0.3 is 35.0 Å². The van der Waals surface area contributed by atoms with Crippen molar-refractivity contribution in [3.05, 3.63) is 12.2 Å². The number of allylic oxidation sites excluding steroid dienone is 2. The Morgan fingerprint density at radius 1 is 1.04 bits per heavy atom. The van der Waals surface area contributed by atoms with E-state index in [0.29, 0.717) is 6.42 Å². The molecule has 0 saturated carbocycles. The molecule has 1 aliphatic heterocycles. The minimum absolute atomic E-state index is 0.145. The van der Waals surface area contributed by atoms with Crippen molar-refractivity contribution in [2.24, 2.45) is 0 Å². The van der Waals surface area contributed by atoms with Crippen LogP contribution in [0.15, 0.2) is 12.2 Å². The average molecular weight is 405 g/mol. The largest absolute Gasteiger partial charge is 0.481 e. The van der Waals surface area contributed by atoms with Crippen LogP contribution in [0.3, 0.4) is 0 Å². The predicted octanol–water partition coefficient (Wildman–Crippen LogP) is 1.34. The van der Waals surface area contributed by atoms with Crippen LogP contribution in [0, 0.1) is 0 Å². The molecule has 1 aliphatic rings. The second-order valence-electron chi connectivity index (χ2n) is 7.26. The summed E-state index contributed by atoms with van der Waals surface area (Å²) in [5.74, 6) is -0.759. The van der Waals surface area contributed by atoms with E-state index in [4.69, 9.17) is 14.6 Å². The summed E-state index contributed by atoms with van der Waals surface area (Å²) in [5.41, 5.74) is 0. The molecule has 0 bridgehead atoms. The molecule has 1 saturated heterocycles. The van der Waals surface area contributed by atoms with Gasteiger partial charge >= 0.3 is 5.97 Å². The van der Waals surface area contributed by atoms with Crippen molar-refractivity contribution in [1.82, 2.24) is 0 Å². The Hall–Kier alpha value is -1.03. The first-order chi connectivity index (χ1) is 13.4. The number of carboxylic acids is 1. The van der Waals surface area contributed by atoms with Crippen molar-refractivity contribution in [2.75, 3.05) is 6.61 Å². The van der Waals surface area contributed by atoms with Crippen LogP contribution in [-0.4, -0.2) is 74.9 Å². The fourth-order valence-corrected chi connectivity index (χ4v) is 3.16. The van der Waals surface area contributed by atoms with E-state index in [1.807, 2.05) is 13.0 Å². The number of hydrogen-bond acceptors (Lipinski definition) is 7. The third-order valence-electron chi connectivity index (χ3n) is 4.96. The number of hydrogen-bond donors (Lipinski definition) is 5. The monoisotopic (exact) mass is 404 g/mol. The third-order valence-corrected chi connectivity index (χ3v) is 4.96. The van der Waals surface area contributed by atoms with Crippen LogP contribution in [0.5, 0.6) is 0 Å². The number of carboxylic acid groups (broad SMARTS) is 1. The van der Waals surface area contributed by atoms with Gasteiger partial charge in [-0.25, -0.2) is 0 Å². The molecule has 6 atom stereocenters. The Kier molecular flexibility index (Phi) is 12.5. The average Bonchev–Trinajstić information content (AvgIpc) is 2.68. The maximum Gasteiger partial charge on any atom is 0.303 e. The molecule has 164 valence electrons. The normalized spacial score (nSPS) is 29.2. The number of aliphatic hydroxyl groups excluding tert-OH is 4. The molecule has 0 radical (unpaired) electrons. The van der Waals surface area contributed by atoms with Gasteiger partial charge in [-0.05, 0) is 38.5 Å². The number of ether oxygens (including phenoxy) is 2. The van der Waals surface area contributed by atoms with Gasteiger partial charge in [0.25, 0.3) is 0 Å². The van der Waals surface area contributed by atoms with Gasteiger partial charge in [0.2, 0.25) is 0 Å². The molecular formula is C20H36O8. The lowest BCUT2D eigenvalue weighted by atomic mass is 9.99. The molecule has 0 spiro atoms. The summed E-state index contributed by atoms with van der Waals surface area (Å²) in [5, 5.41) is 47.5. The fraction of sp³-hybridized carbons (Fsp3) is 0.850. The van der Waals surface area contributed by atoms with E-state index >= 15 is 0 Å². The highest BCUT2D eigenvalue weighted by atomic mass is 16.7. The lowest BCUT2D eigenvalue weighted by molar-refractivity contribution is -0.311. The molecule has 28 heavy (non-hydrogen) atoms. The Balaban J connectivity index is 2.22. The molecule has 0 aromatic rings. The first kappa shape index (κ1) is 25.0. The van der Waals surface area contributed by atoms with Crippen LogP contribution in [0.25, 0.3) is 0 Å². The zero-order valence-corrected chi connectivity index (χ0v) is 16.7. The minimum Gasteiger partial charge on any atom is -0.481 e. The van der Waals surface area contributed by atoms with Gasteiger partial charge in [-0.1, -0.05) is 31.9 Å². The van der Waals surface area contributed by atoms with Crippen molar-refractivity contribution in [3.63, 3.8) is 0 Å². The van der Waals surface area contributed by atoms with E-state index in [1.165, 1.54) is 0 Å². The van der Waals surface area contributed by atoms with Crippen molar-refractivity contribution in [1.29, 1.82) is 0 Å². The molecular weight excluding hydrogens is 368 g/mol. The van der Waals surface area contributed by atoms with E-state index in [9.17, 15) is 25.2 Å². The Morgan fingerprint density at radius 3 is 2.32 bits per heavy atom. The Bertz CT molecular complexity index is 453. The highest BCUT2D eigenvalue weighted by molar-refractivity contribution is 5.66. The van der Waals surface area contributed by atoms with E-state index in [2.05, 4.69) is 6.08 Å². The van der Waals surface area contributed by atoms with E-state index in [-0.39, 0.29) is 12.5 Å². The molecule has 0 amide bonds. The third kappa shape index (κ3) is 8.98. The number of aliphatic hydroxyl groups is 4. The van der Waals surface area contributed by atoms with Crippen LogP contribution in [0.2, 0.25) is 0 Å².